The topological polar surface area (TPSA) is 94.0 Å². The molecule has 0 bridgehead atoms. The lowest BCUT2D eigenvalue weighted by Gasteiger charge is -2.32. The average molecular weight is 314 g/mol. The van der Waals surface area contributed by atoms with Crippen LogP contribution in [-0.4, -0.2) is 21.6 Å². The van der Waals surface area contributed by atoms with Gasteiger partial charge in [-0.25, -0.2) is 0 Å². The normalized spacial score (nSPS) is 18.3. The van der Waals surface area contributed by atoms with Crippen LogP contribution >= 0.6 is 0 Å². The first-order valence-electron chi connectivity index (χ1n) is 8.07. The highest BCUT2D eigenvalue weighted by molar-refractivity contribution is 5.86. The zero-order valence-corrected chi connectivity index (χ0v) is 13.3. The number of nitrogens with zero attached hydrogens (tertiary/aromatic N) is 2. The second-order valence-electron chi connectivity index (χ2n) is 6.24. The Morgan fingerprint density at radius 1 is 1.26 bits per heavy atom. The molecule has 3 rings (SSSR count). The van der Waals surface area contributed by atoms with E-state index in [1.807, 2.05) is 37.3 Å². The Labute approximate surface area is 135 Å². The van der Waals surface area contributed by atoms with Crippen molar-refractivity contribution in [2.24, 2.45) is 5.73 Å². The van der Waals surface area contributed by atoms with Crippen LogP contribution in [-0.2, 0) is 4.79 Å². The predicted octanol–water partition coefficient (Wildman–Crippen LogP) is 2.58. The van der Waals surface area contributed by atoms with Gasteiger partial charge >= 0.3 is 0 Å². The zero-order chi connectivity index (χ0) is 16.3. The third-order valence-corrected chi connectivity index (χ3v) is 4.40. The van der Waals surface area contributed by atoms with E-state index in [1.54, 1.807) is 0 Å². The molecule has 1 aromatic carbocycles. The highest BCUT2D eigenvalue weighted by Crippen LogP contribution is 2.27. The summed E-state index contributed by atoms with van der Waals surface area (Å²) in [5, 5.41) is 6.89. The van der Waals surface area contributed by atoms with Gasteiger partial charge in [-0.15, -0.1) is 0 Å². The van der Waals surface area contributed by atoms with Gasteiger partial charge in [0.05, 0.1) is 11.6 Å². The van der Waals surface area contributed by atoms with Crippen LogP contribution in [0.3, 0.4) is 0 Å². The second-order valence-corrected chi connectivity index (χ2v) is 6.24. The number of hydrogen-bond acceptors (Lipinski definition) is 5. The molecule has 0 radical (unpaired) electrons. The van der Waals surface area contributed by atoms with Gasteiger partial charge in [0.25, 0.3) is 5.89 Å². The van der Waals surface area contributed by atoms with Gasteiger partial charge in [-0.1, -0.05) is 42.6 Å². The predicted molar refractivity (Wildman–Crippen MR) is 86.3 cm³/mol. The van der Waals surface area contributed by atoms with Crippen molar-refractivity contribution in [2.75, 3.05) is 0 Å². The van der Waals surface area contributed by atoms with Gasteiger partial charge in [-0.3, -0.25) is 4.79 Å². The smallest absolute Gasteiger partial charge is 0.257 e. The lowest BCUT2D eigenvalue weighted by molar-refractivity contribution is -0.128. The summed E-state index contributed by atoms with van der Waals surface area (Å²) in [6, 6.07) is 9.20. The SMILES string of the molecule is CC(NC(=O)C1(N)CCCCC1)c1noc(-c2ccccc2)n1. The monoisotopic (exact) mass is 314 g/mol. The van der Waals surface area contributed by atoms with E-state index in [1.165, 1.54) is 0 Å². The maximum Gasteiger partial charge on any atom is 0.257 e. The summed E-state index contributed by atoms with van der Waals surface area (Å²) in [6.07, 6.45) is 4.60. The molecule has 1 fully saturated rings. The lowest BCUT2D eigenvalue weighted by atomic mass is 9.82. The maximum atomic E-state index is 12.5. The molecule has 6 nitrogen and oxygen atoms in total. The molecule has 1 aromatic heterocycles. The summed E-state index contributed by atoms with van der Waals surface area (Å²) < 4.78 is 5.28. The minimum absolute atomic E-state index is 0.129. The Balaban J connectivity index is 1.68. The summed E-state index contributed by atoms with van der Waals surface area (Å²) in [6.45, 7) is 1.84. The fourth-order valence-electron chi connectivity index (χ4n) is 2.92. The molecule has 1 amide bonds. The van der Waals surface area contributed by atoms with Crippen LogP contribution in [0.5, 0.6) is 0 Å². The van der Waals surface area contributed by atoms with Crippen LogP contribution < -0.4 is 11.1 Å². The van der Waals surface area contributed by atoms with Crippen LogP contribution in [0.25, 0.3) is 11.5 Å². The first kappa shape index (κ1) is 15.7. The summed E-state index contributed by atoms with van der Waals surface area (Å²) in [4.78, 5) is 16.8. The number of amides is 1. The molecule has 1 unspecified atom stereocenters. The van der Waals surface area contributed by atoms with E-state index in [4.69, 9.17) is 10.3 Å². The molecule has 1 aliphatic rings. The van der Waals surface area contributed by atoms with E-state index in [-0.39, 0.29) is 11.9 Å². The number of carbonyl (C=O) groups is 1. The summed E-state index contributed by atoms with van der Waals surface area (Å²) >= 11 is 0. The fourth-order valence-corrected chi connectivity index (χ4v) is 2.92. The second kappa shape index (κ2) is 6.50. The highest BCUT2D eigenvalue weighted by atomic mass is 16.5. The standard InChI is InChI=1S/C17H22N4O2/c1-12(19-16(22)17(18)10-6-3-7-11-17)14-20-15(23-21-14)13-8-4-2-5-9-13/h2,4-5,8-9,12H,3,6-7,10-11,18H2,1H3,(H,19,22). The van der Waals surface area contributed by atoms with E-state index in [0.29, 0.717) is 11.7 Å². The maximum absolute atomic E-state index is 12.5. The molecule has 6 heteroatoms. The fraction of sp³-hybridized carbons (Fsp3) is 0.471. The van der Waals surface area contributed by atoms with Crippen molar-refractivity contribution < 1.29 is 9.32 Å². The van der Waals surface area contributed by atoms with Crippen LogP contribution in [0.2, 0.25) is 0 Å². The molecule has 1 aliphatic carbocycles. The van der Waals surface area contributed by atoms with Crippen molar-refractivity contribution in [3.05, 3.63) is 36.2 Å². The van der Waals surface area contributed by atoms with E-state index >= 15 is 0 Å². The number of nitrogens with two attached hydrogens (primary N) is 1. The molecular weight excluding hydrogens is 292 g/mol. The Morgan fingerprint density at radius 3 is 2.65 bits per heavy atom. The number of hydrogen-bond donors (Lipinski definition) is 2. The van der Waals surface area contributed by atoms with Crippen molar-refractivity contribution in [2.45, 2.75) is 50.6 Å². The minimum Gasteiger partial charge on any atom is -0.345 e. The van der Waals surface area contributed by atoms with Gasteiger partial charge in [0.15, 0.2) is 5.82 Å². The Kier molecular flexibility index (Phi) is 4.43. The van der Waals surface area contributed by atoms with Gasteiger partial charge in [0.2, 0.25) is 5.91 Å². The van der Waals surface area contributed by atoms with Crippen molar-refractivity contribution in [3.8, 4) is 11.5 Å². The quantitative estimate of drug-likeness (QED) is 0.904. The molecule has 0 aliphatic heterocycles. The largest absolute Gasteiger partial charge is 0.345 e. The van der Waals surface area contributed by atoms with Gasteiger partial charge < -0.3 is 15.6 Å². The van der Waals surface area contributed by atoms with Crippen LogP contribution in [0, 0.1) is 0 Å². The third kappa shape index (κ3) is 3.42. The van der Waals surface area contributed by atoms with Crippen LogP contribution in [0.15, 0.2) is 34.9 Å². The number of carbonyl (C=O) groups excluding carboxylic acids is 1. The number of rotatable bonds is 4. The van der Waals surface area contributed by atoms with Crippen molar-refractivity contribution in [1.29, 1.82) is 0 Å². The molecular formula is C17H22N4O2. The summed E-state index contributed by atoms with van der Waals surface area (Å²) in [7, 11) is 0. The van der Waals surface area contributed by atoms with Crippen LogP contribution in [0.4, 0.5) is 0 Å². The Bertz CT molecular complexity index is 662. The van der Waals surface area contributed by atoms with Gasteiger partial charge in [-0.05, 0) is 31.9 Å². The molecule has 0 spiro atoms. The van der Waals surface area contributed by atoms with Crippen molar-refractivity contribution >= 4 is 5.91 Å². The summed E-state index contributed by atoms with van der Waals surface area (Å²) in [5.41, 5.74) is 6.34. The molecule has 122 valence electrons. The average Bonchev–Trinajstić information content (AvgIpc) is 3.06. The molecule has 1 atom stereocenters. The van der Waals surface area contributed by atoms with Gasteiger partial charge in [0, 0.05) is 5.56 Å². The Morgan fingerprint density at radius 2 is 1.96 bits per heavy atom. The Hall–Kier alpha value is -2.21. The third-order valence-electron chi connectivity index (χ3n) is 4.40. The van der Waals surface area contributed by atoms with E-state index < -0.39 is 5.54 Å². The van der Waals surface area contributed by atoms with Crippen LogP contribution in [0.1, 0.15) is 50.9 Å². The van der Waals surface area contributed by atoms with E-state index in [0.717, 1.165) is 37.7 Å². The minimum atomic E-state index is -0.765. The van der Waals surface area contributed by atoms with E-state index in [9.17, 15) is 4.79 Å². The molecule has 23 heavy (non-hydrogen) atoms. The summed E-state index contributed by atoms with van der Waals surface area (Å²) in [5.74, 6) is 0.772. The van der Waals surface area contributed by atoms with E-state index in [2.05, 4.69) is 15.5 Å². The van der Waals surface area contributed by atoms with Crippen molar-refractivity contribution in [1.82, 2.24) is 15.5 Å². The highest BCUT2D eigenvalue weighted by Gasteiger charge is 2.36. The number of benzene rings is 1. The lowest BCUT2D eigenvalue weighted by Crippen LogP contribution is -2.55. The van der Waals surface area contributed by atoms with Gasteiger partial charge in [0.1, 0.15) is 0 Å². The zero-order valence-electron chi connectivity index (χ0n) is 13.3. The molecule has 3 N–H and O–H groups in total. The van der Waals surface area contributed by atoms with Gasteiger partial charge in [-0.2, -0.15) is 4.98 Å². The first-order valence-corrected chi connectivity index (χ1v) is 8.07. The molecule has 2 aromatic rings. The van der Waals surface area contributed by atoms with Crippen molar-refractivity contribution in [3.63, 3.8) is 0 Å². The number of nitrogens with one attached hydrogen (secondary N) is 1. The first-order chi connectivity index (χ1) is 11.1. The molecule has 1 heterocycles. The number of aromatic nitrogens is 2. The molecule has 0 saturated heterocycles. The molecule has 1 saturated carbocycles.